The number of carbonyl (C=O) groups excluding carboxylic acids is 1. The van der Waals surface area contributed by atoms with Crippen LogP contribution in [0.2, 0.25) is 0 Å². The van der Waals surface area contributed by atoms with E-state index in [1.54, 1.807) is 0 Å². The molecule has 0 bridgehead atoms. The summed E-state index contributed by atoms with van der Waals surface area (Å²) >= 11 is 0. The summed E-state index contributed by atoms with van der Waals surface area (Å²) in [4.78, 5) is 11.6. The van der Waals surface area contributed by atoms with E-state index in [1.807, 2.05) is 0 Å². The molecule has 0 aromatic carbocycles. The average molecular weight is 209 g/mol. The Balaban J connectivity index is 1.93. The van der Waals surface area contributed by atoms with E-state index in [0.29, 0.717) is 5.92 Å². The van der Waals surface area contributed by atoms with Crippen molar-refractivity contribution in [2.24, 2.45) is 5.92 Å². The molecule has 1 heterocycles. The molecule has 1 aromatic heterocycles. The Kier molecular flexibility index (Phi) is 2.94. The lowest BCUT2D eigenvalue weighted by molar-refractivity contribution is 0.0899. The van der Waals surface area contributed by atoms with Crippen molar-refractivity contribution in [1.82, 2.24) is 25.9 Å². The second kappa shape index (κ2) is 4.37. The van der Waals surface area contributed by atoms with Crippen LogP contribution in [0.15, 0.2) is 0 Å². The second-order valence-corrected chi connectivity index (χ2v) is 4.08. The maximum Gasteiger partial charge on any atom is 0.293 e. The Bertz CT molecular complexity index is 323. The smallest absolute Gasteiger partial charge is 0.293 e. The van der Waals surface area contributed by atoms with E-state index in [2.05, 4.69) is 32.9 Å². The molecule has 1 saturated carbocycles. The van der Waals surface area contributed by atoms with E-state index in [4.69, 9.17) is 0 Å². The fourth-order valence-electron chi connectivity index (χ4n) is 2.02. The van der Waals surface area contributed by atoms with Gasteiger partial charge < -0.3 is 5.32 Å². The van der Waals surface area contributed by atoms with Crippen molar-refractivity contribution in [3.63, 3.8) is 0 Å². The van der Waals surface area contributed by atoms with Crippen LogP contribution in [0.5, 0.6) is 0 Å². The predicted octanol–water partition coefficient (Wildman–Crippen LogP) is 0.508. The van der Waals surface area contributed by atoms with Gasteiger partial charge in [-0.2, -0.15) is 5.21 Å². The number of tetrazole rings is 1. The Labute approximate surface area is 87.8 Å². The van der Waals surface area contributed by atoms with Crippen molar-refractivity contribution >= 4 is 5.91 Å². The summed E-state index contributed by atoms with van der Waals surface area (Å²) in [6, 6.07) is 0.254. The van der Waals surface area contributed by atoms with Gasteiger partial charge in [0.1, 0.15) is 0 Å². The minimum atomic E-state index is -0.234. The van der Waals surface area contributed by atoms with Crippen molar-refractivity contribution in [2.75, 3.05) is 0 Å². The molecule has 1 aromatic rings. The third-order valence-corrected chi connectivity index (χ3v) is 2.98. The topological polar surface area (TPSA) is 83.6 Å². The normalized spacial score (nSPS) is 26.2. The number of H-pyrrole nitrogens is 1. The second-order valence-electron chi connectivity index (χ2n) is 4.08. The molecule has 0 spiro atoms. The number of hydrogen-bond donors (Lipinski definition) is 2. The van der Waals surface area contributed by atoms with Crippen molar-refractivity contribution in [2.45, 2.75) is 38.6 Å². The molecule has 15 heavy (non-hydrogen) atoms. The van der Waals surface area contributed by atoms with Gasteiger partial charge in [-0.3, -0.25) is 4.79 Å². The van der Waals surface area contributed by atoms with Gasteiger partial charge in [-0.15, -0.1) is 10.2 Å². The number of nitrogens with zero attached hydrogens (tertiary/aromatic N) is 3. The van der Waals surface area contributed by atoms with E-state index >= 15 is 0 Å². The summed E-state index contributed by atoms with van der Waals surface area (Å²) in [6.07, 6.45) is 4.67. The van der Waals surface area contributed by atoms with E-state index in [-0.39, 0.29) is 17.8 Å². The number of aromatic amines is 1. The fourth-order valence-corrected chi connectivity index (χ4v) is 2.02. The van der Waals surface area contributed by atoms with Crippen molar-refractivity contribution in [1.29, 1.82) is 0 Å². The molecule has 1 amide bonds. The summed E-state index contributed by atoms with van der Waals surface area (Å²) in [5.74, 6) is 0.421. The van der Waals surface area contributed by atoms with Gasteiger partial charge in [0.2, 0.25) is 0 Å². The molecule has 0 aliphatic heterocycles. The van der Waals surface area contributed by atoms with Crippen LogP contribution in [0.25, 0.3) is 0 Å². The molecule has 0 saturated heterocycles. The van der Waals surface area contributed by atoms with Crippen LogP contribution in [0.1, 0.15) is 43.2 Å². The van der Waals surface area contributed by atoms with Crippen LogP contribution < -0.4 is 5.32 Å². The zero-order valence-electron chi connectivity index (χ0n) is 8.73. The summed E-state index contributed by atoms with van der Waals surface area (Å²) in [5, 5.41) is 15.9. The first kappa shape index (κ1) is 10.1. The lowest BCUT2D eigenvalue weighted by atomic mass is 9.86. The highest BCUT2D eigenvalue weighted by molar-refractivity contribution is 5.90. The van der Waals surface area contributed by atoms with Crippen LogP contribution in [0, 0.1) is 5.92 Å². The Morgan fingerprint density at radius 2 is 2.27 bits per heavy atom. The van der Waals surface area contributed by atoms with E-state index in [0.717, 1.165) is 6.42 Å². The van der Waals surface area contributed by atoms with Crippen molar-refractivity contribution in [3.8, 4) is 0 Å². The first-order valence-electron chi connectivity index (χ1n) is 5.31. The highest BCUT2D eigenvalue weighted by atomic mass is 16.2. The Morgan fingerprint density at radius 1 is 1.47 bits per heavy atom. The summed E-state index contributed by atoms with van der Waals surface area (Å²) in [7, 11) is 0. The van der Waals surface area contributed by atoms with Crippen LogP contribution in [-0.4, -0.2) is 32.6 Å². The van der Waals surface area contributed by atoms with Crippen molar-refractivity contribution in [3.05, 3.63) is 5.82 Å². The van der Waals surface area contributed by atoms with Crippen LogP contribution in [0.3, 0.4) is 0 Å². The summed E-state index contributed by atoms with van der Waals surface area (Å²) in [5.41, 5.74) is 0. The highest BCUT2D eigenvalue weighted by Crippen LogP contribution is 2.23. The molecule has 0 radical (unpaired) electrons. The maximum atomic E-state index is 11.6. The van der Waals surface area contributed by atoms with Crippen LogP contribution >= 0.6 is 0 Å². The third-order valence-electron chi connectivity index (χ3n) is 2.98. The molecular formula is C9H15N5O. The predicted molar refractivity (Wildman–Crippen MR) is 53.1 cm³/mol. The molecule has 1 aliphatic carbocycles. The summed E-state index contributed by atoms with van der Waals surface area (Å²) < 4.78 is 0. The standard InChI is InChI=1S/C9H15N5O/c1-6-4-2-3-5-7(6)10-9(15)8-11-13-14-12-8/h6-7H,2-5H2,1H3,(H,10,15)(H,11,12,13,14). The van der Waals surface area contributed by atoms with E-state index < -0.39 is 0 Å². The number of amides is 1. The zero-order chi connectivity index (χ0) is 10.7. The SMILES string of the molecule is CC1CCCCC1NC(=O)c1nn[nH]n1. The van der Waals surface area contributed by atoms with Gasteiger partial charge in [-0.05, 0) is 24.0 Å². The highest BCUT2D eigenvalue weighted by Gasteiger charge is 2.24. The van der Waals surface area contributed by atoms with Crippen molar-refractivity contribution < 1.29 is 4.79 Å². The molecule has 82 valence electrons. The molecule has 2 N–H and O–H groups in total. The summed E-state index contributed by atoms with van der Waals surface area (Å²) in [6.45, 7) is 2.17. The number of carbonyl (C=O) groups is 1. The van der Waals surface area contributed by atoms with E-state index in [1.165, 1.54) is 19.3 Å². The van der Waals surface area contributed by atoms with Gasteiger partial charge in [0.25, 0.3) is 11.7 Å². The number of aromatic nitrogens is 4. The van der Waals surface area contributed by atoms with Gasteiger partial charge in [0, 0.05) is 6.04 Å². The molecule has 6 heteroatoms. The lowest BCUT2D eigenvalue weighted by Gasteiger charge is -2.28. The third kappa shape index (κ3) is 2.31. The molecule has 6 nitrogen and oxygen atoms in total. The Hall–Kier alpha value is -1.46. The molecule has 2 rings (SSSR count). The molecule has 2 unspecified atom stereocenters. The van der Waals surface area contributed by atoms with Gasteiger partial charge >= 0.3 is 0 Å². The minimum absolute atomic E-state index is 0.118. The van der Waals surface area contributed by atoms with Crippen LogP contribution in [0.4, 0.5) is 0 Å². The fraction of sp³-hybridized carbons (Fsp3) is 0.778. The number of rotatable bonds is 2. The van der Waals surface area contributed by atoms with Crippen LogP contribution in [-0.2, 0) is 0 Å². The number of hydrogen-bond acceptors (Lipinski definition) is 4. The first-order valence-corrected chi connectivity index (χ1v) is 5.31. The van der Waals surface area contributed by atoms with Gasteiger partial charge in [0.05, 0.1) is 0 Å². The maximum absolute atomic E-state index is 11.6. The average Bonchev–Trinajstić information content (AvgIpc) is 2.74. The minimum Gasteiger partial charge on any atom is -0.346 e. The number of nitrogens with one attached hydrogen (secondary N) is 2. The molecular weight excluding hydrogens is 194 g/mol. The zero-order valence-corrected chi connectivity index (χ0v) is 8.73. The molecule has 1 fully saturated rings. The lowest BCUT2D eigenvalue weighted by Crippen LogP contribution is -2.41. The first-order chi connectivity index (χ1) is 7.27. The van der Waals surface area contributed by atoms with E-state index in [9.17, 15) is 4.79 Å². The molecule has 1 aliphatic rings. The molecule has 2 atom stereocenters. The largest absolute Gasteiger partial charge is 0.346 e. The van der Waals surface area contributed by atoms with Gasteiger partial charge in [-0.1, -0.05) is 19.8 Å². The quantitative estimate of drug-likeness (QED) is 0.743. The van der Waals surface area contributed by atoms with Gasteiger partial charge in [-0.25, -0.2) is 0 Å². The van der Waals surface area contributed by atoms with Gasteiger partial charge in [0.15, 0.2) is 0 Å². The Morgan fingerprint density at radius 3 is 2.93 bits per heavy atom. The monoisotopic (exact) mass is 209 g/mol.